The minimum absolute atomic E-state index is 0.0760. The Morgan fingerprint density at radius 2 is 2.21 bits per heavy atom. The van der Waals surface area contributed by atoms with E-state index in [1.54, 1.807) is 4.68 Å². The van der Waals surface area contributed by atoms with Gasteiger partial charge >= 0.3 is 0 Å². The van der Waals surface area contributed by atoms with Gasteiger partial charge < -0.3 is 10.6 Å². The molecule has 0 unspecified atom stereocenters. The fraction of sp³-hybridized carbons (Fsp3) is 0.714. The van der Waals surface area contributed by atoms with Crippen molar-refractivity contribution >= 4 is 5.91 Å². The Morgan fingerprint density at radius 3 is 2.74 bits per heavy atom. The monoisotopic (exact) mass is 266 g/mol. The minimum Gasteiger partial charge on any atom is -0.338 e. The predicted octanol–water partition coefficient (Wildman–Crippen LogP) is 1.43. The van der Waals surface area contributed by atoms with Crippen LogP contribution in [0.4, 0.5) is 0 Å². The highest BCUT2D eigenvalue weighted by Crippen LogP contribution is 2.12. The molecule has 0 aliphatic heterocycles. The molecule has 1 aromatic heterocycles. The predicted molar refractivity (Wildman–Crippen MR) is 77.0 cm³/mol. The molecule has 0 aliphatic rings. The van der Waals surface area contributed by atoms with Gasteiger partial charge in [-0.3, -0.25) is 9.48 Å². The van der Waals surface area contributed by atoms with Crippen molar-refractivity contribution in [2.45, 2.75) is 33.6 Å². The number of carbonyl (C=O) groups is 1. The number of nitrogens with two attached hydrogens (primary N) is 1. The fourth-order valence-electron chi connectivity index (χ4n) is 2.14. The third kappa shape index (κ3) is 4.35. The zero-order valence-electron chi connectivity index (χ0n) is 12.5. The third-order valence-corrected chi connectivity index (χ3v) is 2.98. The number of amides is 1. The molecule has 108 valence electrons. The lowest BCUT2D eigenvalue weighted by Crippen LogP contribution is -2.36. The SMILES string of the molecule is CCc1nn(C)cc1C(=O)N(CCCN)CC(C)C. The molecule has 2 N–H and O–H groups in total. The van der Waals surface area contributed by atoms with E-state index in [2.05, 4.69) is 18.9 Å². The van der Waals surface area contributed by atoms with E-state index < -0.39 is 0 Å². The van der Waals surface area contributed by atoms with Gasteiger partial charge in [-0.05, 0) is 25.3 Å². The molecule has 0 saturated heterocycles. The van der Waals surface area contributed by atoms with Gasteiger partial charge in [0.15, 0.2) is 0 Å². The molecular formula is C14H26N4O. The second-order valence-electron chi connectivity index (χ2n) is 5.30. The lowest BCUT2D eigenvalue weighted by atomic mass is 10.1. The number of nitrogens with zero attached hydrogens (tertiary/aromatic N) is 3. The van der Waals surface area contributed by atoms with E-state index in [1.165, 1.54) is 0 Å². The fourth-order valence-corrected chi connectivity index (χ4v) is 2.14. The van der Waals surface area contributed by atoms with E-state index in [0.29, 0.717) is 19.0 Å². The summed E-state index contributed by atoms with van der Waals surface area (Å²) in [5.41, 5.74) is 7.15. The third-order valence-electron chi connectivity index (χ3n) is 2.98. The maximum absolute atomic E-state index is 12.6. The molecule has 0 fully saturated rings. The van der Waals surface area contributed by atoms with Crippen molar-refractivity contribution in [3.8, 4) is 0 Å². The summed E-state index contributed by atoms with van der Waals surface area (Å²) in [5, 5.41) is 4.34. The largest absolute Gasteiger partial charge is 0.338 e. The summed E-state index contributed by atoms with van der Waals surface area (Å²) < 4.78 is 1.71. The number of hydrogen-bond donors (Lipinski definition) is 1. The maximum Gasteiger partial charge on any atom is 0.257 e. The lowest BCUT2D eigenvalue weighted by molar-refractivity contribution is 0.0734. The van der Waals surface area contributed by atoms with Crippen LogP contribution in [0, 0.1) is 5.92 Å². The Hall–Kier alpha value is -1.36. The normalized spacial score (nSPS) is 11.1. The van der Waals surface area contributed by atoms with Crippen LogP contribution >= 0.6 is 0 Å². The average molecular weight is 266 g/mol. The lowest BCUT2D eigenvalue weighted by Gasteiger charge is -2.24. The quantitative estimate of drug-likeness (QED) is 0.812. The number of aromatic nitrogens is 2. The Kier molecular flexibility index (Phi) is 6.02. The summed E-state index contributed by atoms with van der Waals surface area (Å²) in [6, 6.07) is 0. The van der Waals surface area contributed by atoms with Crippen LogP contribution in [0.1, 0.15) is 43.2 Å². The first-order chi connectivity index (χ1) is 8.99. The Morgan fingerprint density at radius 1 is 1.53 bits per heavy atom. The zero-order chi connectivity index (χ0) is 14.4. The Bertz CT molecular complexity index is 412. The highest BCUT2D eigenvalue weighted by Gasteiger charge is 2.21. The molecular weight excluding hydrogens is 240 g/mol. The molecule has 5 nitrogen and oxygen atoms in total. The van der Waals surface area contributed by atoms with Crippen LogP contribution < -0.4 is 5.73 Å². The highest BCUT2D eigenvalue weighted by molar-refractivity contribution is 5.95. The van der Waals surface area contributed by atoms with Gasteiger partial charge in [0, 0.05) is 26.3 Å². The van der Waals surface area contributed by atoms with Gasteiger partial charge in [-0.2, -0.15) is 5.10 Å². The molecule has 1 amide bonds. The van der Waals surface area contributed by atoms with E-state index >= 15 is 0 Å². The highest BCUT2D eigenvalue weighted by atomic mass is 16.2. The summed E-state index contributed by atoms with van der Waals surface area (Å²) in [6.45, 7) is 8.34. The number of rotatable bonds is 7. The summed E-state index contributed by atoms with van der Waals surface area (Å²) in [7, 11) is 1.85. The summed E-state index contributed by atoms with van der Waals surface area (Å²) in [5.74, 6) is 0.524. The second-order valence-corrected chi connectivity index (χ2v) is 5.30. The van der Waals surface area contributed by atoms with Crippen molar-refractivity contribution in [3.63, 3.8) is 0 Å². The molecule has 0 saturated carbocycles. The first kappa shape index (κ1) is 15.7. The van der Waals surface area contributed by atoms with Crippen molar-refractivity contribution in [1.29, 1.82) is 0 Å². The molecule has 0 radical (unpaired) electrons. The van der Waals surface area contributed by atoms with Crippen LogP contribution in [0.25, 0.3) is 0 Å². The van der Waals surface area contributed by atoms with Gasteiger partial charge in [0.2, 0.25) is 0 Å². The number of carbonyl (C=O) groups excluding carboxylic acids is 1. The molecule has 19 heavy (non-hydrogen) atoms. The van der Waals surface area contributed by atoms with E-state index in [9.17, 15) is 4.79 Å². The Labute approximate surface area is 115 Å². The van der Waals surface area contributed by atoms with E-state index in [4.69, 9.17) is 5.73 Å². The first-order valence-corrected chi connectivity index (χ1v) is 7.01. The molecule has 0 aliphatic carbocycles. The second kappa shape index (κ2) is 7.28. The molecule has 1 rings (SSSR count). The van der Waals surface area contributed by atoms with Gasteiger partial charge in [-0.1, -0.05) is 20.8 Å². The summed E-state index contributed by atoms with van der Waals surface area (Å²) in [6.07, 6.45) is 3.42. The van der Waals surface area contributed by atoms with Gasteiger partial charge in [0.1, 0.15) is 0 Å². The molecule has 0 aromatic carbocycles. The summed E-state index contributed by atoms with van der Waals surface area (Å²) >= 11 is 0. The summed E-state index contributed by atoms with van der Waals surface area (Å²) in [4.78, 5) is 14.5. The minimum atomic E-state index is 0.0760. The molecule has 0 bridgehead atoms. The standard InChI is InChI=1S/C14H26N4O/c1-5-13-12(10-17(4)16-13)14(19)18(8-6-7-15)9-11(2)3/h10-11H,5-9,15H2,1-4H3. The zero-order valence-corrected chi connectivity index (χ0v) is 12.5. The van der Waals surface area contributed by atoms with Crippen LogP contribution in [0.2, 0.25) is 0 Å². The first-order valence-electron chi connectivity index (χ1n) is 7.01. The molecule has 1 aromatic rings. The van der Waals surface area contributed by atoms with Crippen molar-refractivity contribution in [2.75, 3.05) is 19.6 Å². The van der Waals surface area contributed by atoms with Crippen LogP contribution in [0.3, 0.4) is 0 Å². The number of aryl methyl sites for hydroxylation is 2. The van der Waals surface area contributed by atoms with Crippen LogP contribution in [0.5, 0.6) is 0 Å². The maximum atomic E-state index is 12.6. The van der Waals surface area contributed by atoms with Gasteiger partial charge in [-0.25, -0.2) is 0 Å². The van der Waals surface area contributed by atoms with Gasteiger partial charge in [0.05, 0.1) is 11.3 Å². The molecule has 5 heteroatoms. The van der Waals surface area contributed by atoms with E-state index in [0.717, 1.165) is 30.6 Å². The Balaban J connectivity index is 2.90. The van der Waals surface area contributed by atoms with Gasteiger partial charge in [-0.15, -0.1) is 0 Å². The topological polar surface area (TPSA) is 64.2 Å². The van der Waals surface area contributed by atoms with Crippen molar-refractivity contribution < 1.29 is 4.79 Å². The smallest absolute Gasteiger partial charge is 0.257 e. The average Bonchev–Trinajstić information content (AvgIpc) is 2.74. The van der Waals surface area contributed by atoms with E-state index in [1.807, 2.05) is 25.1 Å². The van der Waals surface area contributed by atoms with Crippen molar-refractivity contribution in [2.24, 2.45) is 18.7 Å². The van der Waals surface area contributed by atoms with Crippen molar-refractivity contribution in [1.82, 2.24) is 14.7 Å². The van der Waals surface area contributed by atoms with Crippen molar-refractivity contribution in [3.05, 3.63) is 17.5 Å². The van der Waals surface area contributed by atoms with Crippen LogP contribution in [0.15, 0.2) is 6.20 Å². The molecule has 1 heterocycles. The van der Waals surface area contributed by atoms with Crippen LogP contribution in [-0.4, -0.2) is 40.2 Å². The van der Waals surface area contributed by atoms with Gasteiger partial charge in [0.25, 0.3) is 5.91 Å². The molecule has 0 spiro atoms. The number of hydrogen-bond acceptors (Lipinski definition) is 3. The molecule has 0 atom stereocenters. The van der Waals surface area contributed by atoms with Crippen LogP contribution in [-0.2, 0) is 13.5 Å². The van der Waals surface area contributed by atoms with E-state index in [-0.39, 0.29) is 5.91 Å².